The van der Waals surface area contributed by atoms with Crippen molar-refractivity contribution in [2.24, 2.45) is 5.92 Å². The molecular formula is C105H200N24O6. The molecule has 6 aliphatic heterocycles. The van der Waals surface area contributed by atoms with Gasteiger partial charge in [-0.05, 0) is 358 Å². The molecule has 7 atom stereocenters. The molecule has 0 amide bonds. The van der Waals surface area contributed by atoms with Crippen LogP contribution in [0.25, 0.3) is 0 Å². The lowest BCUT2D eigenvalue weighted by molar-refractivity contribution is 0.114. The Bertz CT molecular complexity index is 3810. The van der Waals surface area contributed by atoms with Crippen LogP contribution in [0, 0.1) is 5.92 Å². The van der Waals surface area contributed by atoms with E-state index in [1.807, 2.05) is 0 Å². The van der Waals surface area contributed by atoms with Gasteiger partial charge in [0, 0.05) is 183 Å². The van der Waals surface area contributed by atoms with Crippen molar-refractivity contribution in [1.82, 2.24) is 76.8 Å². The molecule has 9 heterocycles. The van der Waals surface area contributed by atoms with E-state index in [9.17, 15) is 0 Å². The molecule has 776 valence electrons. The van der Waals surface area contributed by atoms with Crippen LogP contribution in [0.5, 0.6) is 0 Å². The van der Waals surface area contributed by atoms with Crippen LogP contribution >= 0.6 is 0 Å². The third kappa shape index (κ3) is 32.6. The summed E-state index contributed by atoms with van der Waals surface area (Å²) in [5, 5.41) is 24.0. The summed E-state index contributed by atoms with van der Waals surface area (Å²) in [6.07, 6.45) is 15.2. The lowest BCUT2D eigenvalue weighted by Crippen LogP contribution is -2.64. The minimum Gasteiger partial charge on any atom is -0.380 e. The molecule has 0 radical (unpaired) electrons. The number of hydrogen-bond donors (Lipinski definition) is 6. The van der Waals surface area contributed by atoms with Gasteiger partial charge in [-0.3, -0.25) is 0 Å². The summed E-state index contributed by atoms with van der Waals surface area (Å²) in [6, 6.07) is 0.192. The quantitative estimate of drug-likeness (QED) is 0.0287. The maximum Gasteiger partial charge on any atom is 0.232 e. The Morgan fingerprint density at radius 2 is 0.393 bits per heavy atom. The Morgan fingerprint density at radius 3 is 0.570 bits per heavy atom. The molecule has 135 heavy (non-hydrogen) atoms. The van der Waals surface area contributed by atoms with E-state index in [0.717, 1.165) is 109 Å². The highest BCUT2D eigenvalue weighted by Gasteiger charge is 2.51. The third-order valence-corrected chi connectivity index (χ3v) is 28.8. The first kappa shape index (κ1) is 113. The normalized spacial score (nSPS) is 23.0. The lowest BCUT2D eigenvalue weighted by Gasteiger charge is -2.51. The topological polar surface area (TPSA) is 273 Å². The molecule has 0 bridgehead atoms. The lowest BCUT2D eigenvalue weighted by atomic mass is 9.78. The maximum absolute atomic E-state index is 6.45. The molecule has 0 saturated carbocycles. The fraction of sp³-hybridized carbons (Fsp3) is 0.914. The highest BCUT2D eigenvalue weighted by atomic mass is 16.5. The van der Waals surface area contributed by atoms with Gasteiger partial charge in [0.15, 0.2) is 0 Å². The molecule has 6 fully saturated rings. The van der Waals surface area contributed by atoms with E-state index in [2.05, 4.69) is 346 Å². The monoisotopic (exact) mass is 1890 g/mol. The van der Waals surface area contributed by atoms with Gasteiger partial charge in [-0.15, -0.1) is 0 Å². The molecule has 3 aromatic heterocycles. The smallest absolute Gasteiger partial charge is 0.232 e. The maximum atomic E-state index is 6.45. The zero-order valence-electron chi connectivity index (χ0n) is 93.1. The third-order valence-electron chi connectivity index (χ3n) is 28.8. The summed E-state index contributed by atoms with van der Waals surface area (Å²) in [4.78, 5) is 74.1. The molecule has 30 heteroatoms. The molecule has 7 unspecified atom stereocenters. The standard InChI is InChI=1S/C105H200N24O6/c1-40-130-66-72(7)124(79-53-94(13,14)115-95(15,16)54-79)88-106-85(107-89(112-88)125(73(8)67-131-41-2)80-55-96(17,18)116-97(19,20)56-80)121(37)51-47-46-49-78(65-123(39)87-110-92(128(76(11)70-134-44-5)83-61-102(29,30)119-103(31,32)62-83)114-93(111-87)129(77(12)71-135-45-6)84-63-104(33,34)120-105(35,36)64-84)50-48-52-122(38)86-108-90(126(74(9)68-132-42-3)81-57-98(21,22)117-99(23,24)58-81)113-91(109-86)127(75(10)69-133-43-4)82-59-100(25,26)118-101(27,28)60-82/h72-84,115-120H,40-71H2,1-39H3. The van der Waals surface area contributed by atoms with E-state index in [-0.39, 0.29) is 145 Å². The van der Waals surface area contributed by atoms with Crippen molar-refractivity contribution in [3.8, 4) is 0 Å². The molecule has 30 nitrogen and oxygen atoms in total. The summed E-state index contributed by atoms with van der Waals surface area (Å²) >= 11 is 0. The predicted octanol–water partition coefficient (Wildman–Crippen LogP) is 16.8. The van der Waals surface area contributed by atoms with Crippen molar-refractivity contribution in [3.63, 3.8) is 0 Å². The van der Waals surface area contributed by atoms with Crippen LogP contribution in [0.4, 0.5) is 53.5 Å². The van der Waals surface area contributed by atoms with E-state index in [1.165, 1.54) is 0 Å². The summed E-state index contributed by atoms with van der Waals surface area (Å²) < 4.78 is 38.5. The van der Waals surface area contributed by atoms with E-state index in [4.69, 9.17) is 73.3 Å². The highest BCUT2D eigenvalue weighted by Crippen LogP contribution is 2.45. The van der Waals surface area contributed by atoms with Gasteiger partial charge >= 0.3 is 0 Å². The minimum absolute atomic E-state index is 0.0454. The molecule has 0 aromatic carbocycles. The zero-order chi connectivity index (χ0) is 100. The summed E-state index contributed by atoms with van der Waals surface area (Å²) in [5.74, 6) is 6.23. The van der Waals surface area contributed by atoms with Crippen molar-refractivity contribution in [3.05, 3.63) is 0 Å². The number of nitrogens with one attached hydrogen (secondary N) is 6. The summed E-state index contributed by atoms with van der Waals surface area (Å²) in [7, 11) is 6.63. The van der Waals surface area contributed by atoms with Gasteiger partial charge in [0.2, 0.25) is 53.5 Å². The number of unbranched alkanes of at least 4 members (excludes halogenated alkanes) is 1. The Hall–Kier alpha value is -5.25. The Labute approximate surface area is 821 Å². The number of rotatable bonds is 50. The molecule has 3 aromatic rings. The Balaban J connectivity index is 1.20. The van der Waals surface area contributed by atoms with E-state index in [0.29, 0.717) is 152 Å². The van der Waals surface area contributed by atoms with E-state index >= 15 is 0 Å². The van der Waals surface area contributed by atoms with Crippen molar-refractivity contribution < 1.29 is 28.4 Å². The summed E-state index contributed by atoms with van der Waals surface area (Å²) in [5.41, 5.74) is -1.99. The van der Waals surface area contributed by atoms with Gasteiger partial charge < -0.3 is 104 Å². The van der Waals surface area contributed by atoms with Crippen molar-refractivity contribution in [2.45, 2.75) is 497 Å². The van der Waals surface area contributed by atoms with Crippen LogP contribution in [-0.2, 0) is 28.4 Å². The van der Waals surface area contributed by atoms with Crippen molar-refractivity contribution in [1.29, 1.82) is 0 Å². The van der Waals surface area contributed by atoms with Crippen LogP contribution in [0.15, 0.2) is 0 Å². The van der Waals surface area contributed by atoms with Gasteiger partial charge in [-0.1, -0.05) is 6.42 Å². The van der Waals surface area contributed by atoms with Crippen molar-refractivity contribution >= 4 is 53.5 Å². The second-order valence-electron chi connectivity index (χ2n) is 50.2. The highest BCUT2D eigenvalue weighted by molar-refractivity contribution is 5.53. The van der Waals surface area contributed by atoms with E-state index in [1.54, 1.807) is 0 Å². The van der Waals surface area contributed by atoms with Crippen molar-refractivity contribution in [2.75, 3.05) is 164 Å². The zero-order valence-corrected chi connectivity index (χ0v) is 93.1. The Morgan fingerprint density at radius 1 is 0.237 bits per heavy atom. The second-order valence-corrected chi connectivity index (χ2v) is 50.2. The number of anilines is 9. The van der Waals surface area contributed by atoms with Gasteiger partial charge in [0.1, 0.15) is 0 Å². The number of hydrogen-bond acceptors (Lipinski definition) is 30. The first-order chi connectivity index (χ1) is 62.6. The fourth-order valence-electron chi connectivity index (χ4n) is 26.0. The average Bonchev–Trinajstić information content (AvgIpc) is 0.765. The van der Waals surface area contributed by atoms with Crippen LogP contribution < -0.4 is 76.0 Å². The molecule has 6 N–H and O–H groups in total. The molecule has 6 aliphatic rings. The second kappa shape index (κ2) is 46.4. The summed E-state index contributed by atoms with van der Waals surface area (Å²) in [6.45, 7) is 91.4. The van der Waals surface area contributed by atoms with Gasteiger partial charge in [-0.25, -0.2) is 0 Å². The Kier molecular flexibility index (Phi) is 39.0. The van der Waals surface area contributed by atoms with Gasteiger partial charge in [0.05, 0.1) is 75.9 Å². The number of nitrogens with zero attached hydrogens (tertiary/aromatic N) is 18. The van der Waals surface area contributed by atoms with Gasteiger partial charge in [-0.2, -0.15) is 44.9 Å². The molecular weight excluding hydrogens is 1690 g/mol. The predicted molar refractivity (Wildman–Crippen MR) is 562 cm³/mol. The molecule has 6 saturated heterocycles. The SMILES string of the molecule is CCOCC(C)N(c1nc(N(C)CCCCC(CCCN(C)c2nc(N(C(C)COCC)C3CC(C)(C)NC(C)(C)C3)nc(N(C(C)COCC)C3CC(C)(C)NC(C)(C)C3)n2)CN(C)c2nc(N(C(C)COCC)C3CC(C)(C)NC(C)(C)C3)nc(N(C(C)COCC)C3CC(C)(C)NC(C)(C)C3)n2)nc(N(C(C)COCC)C2CC(C)(C)NC(C)(C)C2)n1)C1CC(C)(C)NC(C)(C)C1. The largest absolute Gasteiger partial charge is 0.380 e. The van der Waals surface area contributed by atoms with Crippen LogP contribution in [0.1, 0.15) is 358 Å². The van der Waals surface area contributed by atoms with E-state index < -0.39 is 0 Å². The van der Waals surface area contributed by atoms with Gasteiger partial charge in [0.25, 0.3) is 0 Å². The minimum atomic E-state index is -0.178. The molecule has 0 aliphatic carbocycles. The van der Waals surface area contributed by atoms with Crippen LogP contribution in [-0.4, -0.2) is 304 Å². The number of ether oxygens (including phenoxy) is 6. The number of aromatic nitrogens is 9. The number of piperidine rings is 6. The first-order valence-electron chi connectivity index (χ1n) is 52.9. The molecule has 9 rings (SSSR count). The first-order valence-corrected chi connectivity index (χ1v) is 52.9. The average molecular weight is 1890 g/mol. The van der Waals surface area contributed by atoms with Crippen LogP contribution in [0.3, 0.4) is 0 Å². The fourth-order valence-corrected chi connectivity index (χ4v) is 26.0. The van der Waals surface area contributed by atoms with Crippen LogP contribution in [0.2, 0.25) is 0 Å². The molecule has 0 spiro atoms.